The number of hydrogen-bond donors (Lipinski definition) is 1. The number of anilines is 1. The summed E-state index contributed by atoms with van der Waals surface area (Å²) in [7, 11) is 0. The van der Waals surface area contributed by atoms with Crippen molar-refractivity contribution in [1.82, 2.24) is 4.90 Å². The molecule has 0 unspecified atom stereocenters. The molecule has 7 nitrogen and oxygen atoms in total. The number of carbonyl (C=O) groups is 1. The molecule has 2 aromatic heterocycles. The Labute approximate surface area is 160 Å². The number of furan rings is 1. The summed E-state index contributed by atoms with van der Waals surface area (Å²) in [6.07, 6.45) is 1.60. The summed E-state index contributed by atoms with van der Waals surface area (Å²) >= 11 is 1.62. The molecular weight excluding hydrogens is 366 g/mol. The molecule has 3 aromatic rings. The molecule has 0 aliphatic heterocycles. The summed E-state index contributed by atoms with van der Waals surface area (Å²) in [5, 5.41) is 15.8. The maximum atomic E-state index is 12.5. The predicted molar refractivity (Wildman–Crippen MR) is 104 cm³/mol. The van der Waals surface area contributed by atoms with Crippen molar-refractivity contribution < 1.29 is 14.1 Å². The smallest absolute Gasteiger partial charge is 0.274 e. The van der Waals surface area contributed by atoms with Crippen molar-refractivity contribution in [2.24, 2.45) is 0 Å². The molecule has 0 fully saturated rings. The van der Waals surface area contributed by atoms with E-state index < -0.39 is 4.92 Å². The third-order valence-electron chi connectivity index (χ3n) is 3.98. The minimum Gasteiger partial charge on any atom is -0.468 e. The molecule has 0 saturated carbocycles. The quantitative estimate of drug-likeness (QED) is 0.464. The molecule has 1 amide bonds. The Kier molecular flexibility index (Phi) is 6.00. The number of nitrogens with one attached hydrogen (secondary N) is 1. The van der Waals surface area contributed by atoms with E-state index in [1.54, 1.807) is 36.7 Å². The third-order valence-corrected chi connectivity index (χ3v) is 4.84. The fraction of sp³-hybridized carbons (Fsp3) is 0.211. The van der Waals surface area contributed by atoms with E-state index in [-0.39, 0.29) is 18.1 Å². The Bertz CT molecular complexity index is 871. The highest BCUT2D eigenvalue weighted by Crippen LogP contribution is 2.22. The number of amides is 1. The minimum absolute atomic E-state index is 0.0150. The average Bonchev–Trinajstić information content (AvgIpc) is 3.30. The number of nitrogens with zero attached hydrogens (tertiary/aromatic N) is 2. The Morgan fingerprint density at radius 2 is 2.11 bits per heavy atom. The van der Waals surface area contributed by atoms with Gasteiger partial charge < -0.3 is 9.73 Å². The lowest BCUT2D eigenvalue weighted by molar-refractivity contribution is -0.385. The van der Waals surface area contributed by atoms with Crippen LogP contribution in [0, 0.1) is 17.0 Å². The van der Waals surface area contributed by atoms with Gasteiger partial charge in [0.25, 0.3) is 5.69 Å². The van der Waals surface area contributed by atoms with Crippen LogP contribution in [0.1, 0.15) is 16.2 Å². The summed E-state index contributed by atoms with van der Waals surface area (Å²) in [5.74, 6) is 0.529. The number of nitro benzene ring substituents is 1. The van der Waals surface area contributed by atoms with Crippen LogP contribution in [0.15, 0.2) is 58.5 Å². The normalized spacial score (nSPS) is 10.9. The van der Waals surface area contributed by atoms with Crippen molar-refractivity contribution in [1.29, 1.82) is 0 Å². The molecule has 0 saturated heterocycles. The van der Waals surface area contributed by atoms with Gasteiger partial charge in [-0.2, -0.15) is 0 Å². The molecule has 0 spiro atoms. The molecule has 3 rings (SSSR count). The van der Waals surface area contributed by atoms with Crippen molar-refractivity contribution in [3.63, 3.8) is 0 Å². The van der Waals surface area contributed by atoms with Crippen molar-refractivity contribution >= 4 is 28.6 Å². The molecule has 0 atom stereocenters. The summed E-state index contributed by atoms with van der Waals surface area (Å²) in [6.45, 7) is 2.91. The lowest BCUT2D eigenvalue weighted by atomic mass is 10.2. The second kappa shape index (κ2) is 8.61. The standard InChI is InChI=1S/C19H19N3O4S/c1-14-6-7-15(10-18(14)22(24)25)20-19(23)13-21(11-16-4-2-8-26-16)12-17-5-3-9-27-17/h2-10H,11-13H2,1H3,(H,20,23). The van der Waals surface area contributed by atoms with Crippen molar-refractivity contribution in [2.45, 2.75) is 20.0 Å². The maximum Gasteiger partial charge on any atom is 0.274 e. The molecule has 2 heterocycles. The number of benzene rings is 1. The Balaban J connectivity index is 1.68. The highest BCUT2D eigenvalue weighted by Gasteiger charge is 2.16. The maximum absolute atomic E-state index is 12.5. The first-order valence-electron chi connectivity index (χ1n) is 8.33. The number of nitro groups is 1. The van der Waals surface area contributed by atoms with E-state index in [4.69, 9.17) is 4.42 Å². The van der Waals surface area contributed by atoms with Crippen LogP contribution in [0.4, 0.5) is 11.4 Å². The first-order valence-corrected chi connectivity index (χ1v) is 9.21. The van der Waals surface area contributed by atoms with Gasteiger partial charge in [-0.25, -0.2) is 0 Å². The molecule has 27 heavy (non-hydrogen) atoms. The molecule has 140 valence electrons. The van der Waals surface area contributed by atoms with Gasteiger partial charge in [0.2, 0.25) is 5.91 Å². The zero-order valence-corrected chi connectivity index (χ0v) is 15.6. The second-order valence-electron chi connectivity index (χ2n) is 6.11. The van der Waals surface area contributed by atoms with E-state index in [0.29, 0.717) is 24.3 Å². The highest BCUT2D eigenvalue weighted by atomic mass is 32.1. The van der Waals surface area contributed by atoms with Crippen LogP contribution in [-0.4, -0.2) is 22.3 Å². The van der Waals surface area contributed by atoms with Gasteiger partial charge in [-0.05, 0) is 36.6 Å². The van der Waals surface area contributed by atoms with Crippen LogP contribution in [0.5, 0.6) is 0 Å². The number of aryl methyl sites for hydroxylation is 1. The summed E-state index contributed by atoms with van der Waals surface area (Å²) in [4.78, 5) is 26.2. The SMILES string of the molecule is Cc1ccc(NC(=O)CN(Cc2ccco2)Cc2cccs2)cc1[N+](=O)[O-]. The topological polar surface area (TPSA) is 88.6 Å². The van der Waals surface area contributed by atoms with E-state index in [0.717, 1.165) is 10.6 Å². The van der Waals surface area contributed by atoms with Crippen molar-refractivity contribution in [3.8, 4) is 0 Å². The number of carbonyl (C=O) groups excluding carboxylic acids is 1. The van der Waals surface area contributed by atoms with Crippen LogP contribution >= 0.6 is 11.3 Å². The number of thiophene rings is 1. The van der Waals surface area contributed by atoms with Gasteiger partial charge in [-0.1, -0.05) is 12.1 Å². The van der Waals surface area contributed by atoms with Gasteiger partial charge in [-0.3, -0.25) is 19.8 Å². The van der Waals surface area contributed by atoms with Crippen LogP contribution < -0.4 is 5.32 Å². The molecule has 1 N–H and O–H groups in total. The monoisotopic (exact) mass is 385 g/mol. The highest BCUT2D eigenvalue weighted by molar-refractivity contribution is 7.09. The zero-order valence-electron chi connectivity index (χ0n) is 14.8. The lowest BCUT2D eigenvalue weighted by Crippen LogP contribution is -2.32. The molecular formula is C19H19N3O4S. The van der Waals surface area contributed by atoms with Crippen LogP contribution in [-0.2, 0) is 17.9 Å². The summed E-state index contributed by atoms with van der Waals surface area (Å²) in [6, 6.07) is 12.3. The van der Waals surface area contributed by atoms with Crippen molar-refractivity contribution in [2.75, 3.05) is 11.9 Å². The Morgan fingerprint density at radius 3 is 2.78 bits per heavy atom. The average molecular weight is 385 g/mol. The van der Waals surface area contributed by atoms with Crippen molar-refractivity contribution in [3.05, 3.63) is 80.4 Å². The first-order chi connectivity index (χ1) is 13.0. The van der Waals surface area contributed by atoms with Gasteiger partial charge in [0.15, 0.2) is 0 Å². The van der Waals surface area contributed by atoms with Gasteiger partial charge in [0, 0.05) is 28.7 Å². The predicted octanol–water partition coefficient (Wildman–Crippen LogP) is 4.20. The number of hydrogen-bond acceptors (Lipinski definition) is 6. The van der Waals surface area contributed by atoms with Crippen LogP contribution in [0.2, 0.25) is 0 Å². The molecule has 1 aromatic carbocycles. The second-order valence-corrected chi connectivity index (χ2v) is 7.14. The number of rotatable bonds is 8. The van der Waals surface area contributed by atoms with Crippen LogP contribution in [0.3, 0.4) is 0 Å². The first kappa shape index (κ1) is 18.8. The van der Waals surface area contributed by atoms with Crippen LogP contribution in [0.25, 0.3) is 0 Å². The third kappa shape index (κ3) is 5.25. The van der Waals surface area contributed by atoms with Gasteiger partial charge in [-0.15, -0.1) is 11.3 Å². The minimum atomic E-state index is -0.453. The summed E-state index contributed by atoms with van der Waals surface area (Å²) < 4.78 is 5.39. The van der Waals surface area contributed by atoms with E-state index in [2.05, 4.69) is 5.32 Å². The Morgan fingerprint density at radius 1 is 1.26 bits per heavy atom. The molecule has 0 aliphatic rings. The molecule has 0 aliphatic carbocycles. The van der Waals surface area contributed by atoms with E-state index >= 15 is 0 Å². The largest absolute Gasteiger partial charge is 0.468 e. The van der Waals surface area contributed by atoms with E-state index in [1.165, 1.54) is 6.07 Å². The lowest BCUT2D eigenvalue weighted by Gasteiger charge is -2.20. The molecule has 0 bridgehead atoms. The van der Waals surface area contributed by atoms with E-state index in [1.807, 2.05) is 34.5 Å². The fourth-order valence-electron chi connectivity index (χ4n) is 2.70. The molecule has 0 radical (unpaired) electrons. The zero-order chi connectivity index (χ0) is 19.2. The van der Waals surface area contributed by atoms with E-state index in [9.17, 15) is 14.9 Å². The van der Waals surface area contributed by atoms with Gasteiger partial charge >= 0.3 is 0 Å². The van der Waals surface area contributed by atoms with Gasteiger partial charge in [0.05, 0.1) is 24.3 Å². The fourth-order valence-corrected chi connectivity index (χ4v) is 3.45. The Hall–Kier alpha value is -2.97. The van der Waals surface area contributed by atoms with Gasteiger partial charge in [0.1, 0.15) is 5.76 Å². The molecule has 8 heteroatoms. The summed E-state index contributed by atoms with van der Waals surface area (Å²) in [5.41, 5.74) is 0.945.